The normalized spacial score (nSPS) is 14.8. The molecular formula is C16H30N2O. The molecule has 0 amide bonds. The summed E-state index contributed by atoms with van der Waals surface area (Å²) in [7, 11) is 0. The monoisotopic (exact) mass is 266 g/mol. The Morgan fingerprint density at radius 1 is 1.16 bits per heavy atom. The molecular weight excluding hydrogens is 236 g/mol. The van der Waals surface area contributed by atoms with Crippen molar-refractivity contribution in [3.63, 3.8) is 0 Å². The second-order valence-corrected chi connectivity index (χ2v) is 5.55. The van der Waals surface area contributed by atoms with Gasteiger partial charge in [0.25, 0.3) is 0 Å². The molecule has 110 valence electrons. The van der Waals surface area contributed by atoms with Gasteiger partial charge in [-0.15, -0.1) is 0 Å². The van der Waals surface area contributed by atoms with E-state index in [4.69, 9.17) is 4.42 Å². The third-order valence-electron chi connectivity index (χ3n) is 3.62. The summed E-state index contributed by atoms with van der Waals surface area (Å²) in [4.78, 5) is 0. The molecule has 2 N–H and O–H groups in total. The summed E-state index contributed by atoms with van der Waals surface area (Å²) in [6, 6.07) is 3.09. The van der Waals surface area contributed by atoms with Gasteiger partial charge in [0.2, 0.25) is 0 Å². The summed E-state index contributed by atoms with van der Waals surface area (Å²) < 4.78 is 5.22. The van der Waals surface area contributed by atoms with Crippen LogP contribution >= 0.6 is 0 Å². The molecule has 1 aromatic rings. The topological polar surface area (TPSA) is 37.2 Å². The molecule has 1 rings (SSSR count). The lowest BCUT2D eigenvalue weighted by Crippen LogP contribution is -2.35. The Hall–Kier alpha value is -0.800. The van der Waals surface area contributed by atoms with Gasteiger partial charge >= 0.3 is 0 Å². The van der Waals surface area contributed by atoms with Crippen molar-refractivity contribution in [3.8, 4) is 0 Å². The van der Waals surface area contributed by atoms with E-state index in [-0.39, 0.29) is 0 Å². The summed E-state index contributed by atoms with van der Waals surface area (Å²) in [5.41, 5.74) is 1.27. The molecule has 3 heteroatoms. The van der Waals surface area contributed by atoms with E-state index < -0.39 is 0 Å². The van der Waals surface area contributed by atoms with Gasteiger partial charge in [-0.05, 0) is 44.3 Å². The smallest absolute Gasteiger partial charge is 0.0950 e. The van der Waals surface area contributed by atoms with E-state index >= 15 is 0 Å². The number of hydrogen-bond donors (Lipinski definition) is 2. The van der Waals surface area contributed by atoms with Crippen LogP contribution in [-0.4, -0.2) is 19.1 Å². The van der Waals surface area contributed by atoms with E-state index in [0.29, 0.717) is 18.0 Å². The highest BCUT2D eigenvalue weighted by molar-refractivity contribution is 5.11. The molecule has 0 aliphatic heterocycles. The Balaban J connectivity index is 2.52. The van der Waals surface area contributed by atoms with Crippen LogP contribution in [0, 0.1) is 5.92 Å². The van der Waals surface area contributed by atoms with Gasteiger partial charge in [0, 0.05) is 17.6 Å². The van der Waals surface area contributed by atoms with Gasteiger partial charge in [-0.25, -0.2) is 0 Å². The minimum Gasteiger partial charge on any atom is -0.472 e. The number of furan rings is 1. The van der Waals surface area contributed by atoms with Crippen LogP contribution in [0.3, 0.4) is 0 Å². The summed E-state index contributed by atoms with van der Waals surface area (Å²) in [6.45, 7) is 11.1. The third kappa shape index (κ3) is 5.79. The maximum atomic E-state index is 5.22. The fraction of sp³-hybridized carbons (Fsp3) is 0.750. The fourth-order valence-electron chi connectivity index (χ4n) is 2.46. The number of hydrogen-bond acceptors (Lipinski definition) is 3. The predicted molar refractivity (Wildman–Crippen MR) is 81.3 cm³/mol. The van der Waals surface area contributed by atoms with E-state index in [9.17, 15) is 0 Å². The van der Waals surface area contributed by atoms with Crippen LogP contribution in [0.15, 0.2) is 23.0 Å². The van der Waals surface area contributed by atoms with Crippen LogP contribution in [0.2, 0.25) is 0 Å². The zero-order valence-electron chi connectivity index (χ0n) is 12.9. The number of rotatable bonds is 10. The molecule has 0 aromatic carbocycles. The Morgan fingerprint density at radius 2 is 1.95 bits per heavy atom. The van der Waals surface area contributed by atoms with Gasteiger partial charge in [-0.1, -0.05) is 27.7 Å². The average Bonchev–Trinajstić information content (AvgIpc) is 2.91. The molecule has 1 aromatic heterocycles. The molecule has 0 saturated heterocycles. The van der Waals surface area contributed by atoms with Crippen molar-refractivity contribution in [1.82, 2.24) is 10.6 Å². The predicted octanol–water partition coefficient (Wildman–Crippen LogP) is 3.73. The molecule has 2 atom stereocenters. The van der Waals surface area contributed by atoms with Crippen molar-refractivity contribution in [2.45, 2.75) is 59.0 Å². The maximum Gasteiger partial charge on any atom is 0.0950 e. The third-order valence-corrected chi connectivity index (χ3v) is 3.62. The molecule has 0 bridgehead atoms. The Labute approximate surface area is 118 Å². The lowest BCUT2D eigenvalue weighted by molar-refractivity contribution is 0.350. The summed E-state index contributed by atoms with van der Waals surface area (Å²) in [5.74, 6) is 0.677. The van der Waals surface area contributed by atoms with Gasteiger partial charge in [0.05, 0.1) is 12.5 Å². The van der Waals surface area contributed by atoms with Crippen molar-refractivity contribution < 1.29 is 4.42 Å². The highest BCUT2D eigenvalue weighted by Crippen LogP contribution is 2.21. The highest BCUT2D eigenvalue weighted by Gasteiger charge is 2.17. The van der Waals surface area contributed by atoms with Crippen LogP contribution in [0.1, 0.15) is 58.6 Å². The molecule has 0 fully saturated rings. The molecule has 3 nitrogen and oxygen atoms in total. The first-order chi connectivity index (χ1) is 9.19. The Morgan fingerprint density at radius 3 is 2.47 bits per heavy atom. The Kier molecular flexibility index (Phi) is 7.84. The van der Waals surface area contributed by atoms with Crippen LogP contribution < -0.4 is 10.6 Å². The maximum absolute atomic E-state index is 5.22. The van der Waals surface area contributed by atoms with Gasteiger partial charge in [-0.2, -0.15) is 0 Å². The van der Waals surface area contributed by atoms with E-state index in [1.807, 2.05) is 6.26 Å². The summed E-state index contributed by atoms with van der Waals surface area (Å²) in [5, 5.41) is 7.21. The van der Waals surface area contributed by atoms with Crippen LogP contribution in [0.25, 0.3) is 0 Å². The molecule has 19 heavy (non-hydrogen) atoms. The lowest BCUT2D eigenvalue weighted by Gasteiger charge is -2.25. The van der Waals surface area contributed by atoms with Crippen molar-refractivity contribution in [2.75, 3.05) is 13.1 Å². The van der Waals surface area contributed by atoms with Crippen molar-refractivity contribution >= 4 is 0 Å². The minimum atomic E-state index is 0.415. The van der Waals surface area contributed by atoms with Crippen molar-refractivity contribution in [2.24, 2.45) is 5.92 Å². The van der Waals surface area contributed by atoms with Crippen LogP contribution in [0.5, 0.6) is 0 Å². The zero-order chi connectivity index (χ0) is 14.1. The molecule has 0 saturated carbocycles. The molecule has 1 heterocycles. The van der Waals surface area contributed by atoms with Crippen molar-refractivity contribution in [1.29, 1.82) is 0 Å². The van der Waals surface area contributed by atoms with E-state index in [1.54, 1.807) is 6.26 Å². The number of nitrogens with one attached hydrogen (secondary N) is 2. The van der Waals surface area contributed by atoms with Gasteiger partial charge < -0.3 is 15.1 Å². The van der Waals surface area contributed by atoms with Gasteiger partial charge in [0.1, 0.15) is 0 Å². The lowest BCUT2D eigenvalue weighted by atomic mass is 9.95. The minimum absolute atomic E-state index is 0.415. The largest absolute Gasteiger partial charge is 0.472 e. The quantitative estimate of drug-likeness (QED) is 0.677. The highest BCUT2D eigenvalue weighted by atomic mass is 16.3. The molecule has 0 spiro atoms. The second-order valence-electron chi connectivity index (χ2n) is 5.55. The van der Waals surface area contributed by atoms with Crippen molar-refractivity contribution in [3.05, 3.63) is 24.2 Å². The first-order valence-electron chi connectivity index (χ1n) is 7.67. The fourth-order valence-corrected chi connectivity index (χ4v) is 2.46. The first-order valence-corrected chi connectivity index (χ1v) is 7.67. The first kappa shape index (κ1) is 16.3. The van der Waals surface area contributed by atoms with E-state index in [1.165, 1.54) is 12.0 Å². The molecule has 2 unspecified atom stereocenters. The second kappa shape index (κ2) is 9.16. The zero-order valence-corrected chi connectivity index (χ0v) is 12.9. The van der Waals surface area contributed by atoms with Gasteiger partial charge in [0.15, 0.2) is 0 Å². The van der Waals surface area contributed by atoms with Gasteiger partial charge in [-0.3, -0.25) is 0 Å². The average molecular weight is 266 g/mol. The molecule has 0 aliphatic rings. The van der Waals surface area contributed by atoms with E-state index in [0.717, 1.165) is 25.9 Å². The standard InChI is InChI=1S/C16H30N2O/c1-5-10-18-16(14-9-11-19-12-14)8-7-15(13(3)4)17-6-2/h9,11-13,15-18H,5-8,10H2,1-4H3. The Bertz CT molecular complexity index is 309. The van der Waals surface area contributed by atoms with E-state index in [2.05, 4.69) is 44.4 Å². The SMILES string of the molecule is CCCNC(CCC(NCC)C(C)C)c1ccoc1. The summed E-state index contributed by atoms with van der Waals surface area (Å²) >= 11 is 0. The molecule has 0 radical (unpaired) electrons. The van der Waals surface area contributed by atoms with Crippen LogP contribution in [-0.2, 0) is 0 Å². The molecule has 0 aliphatic carbocycles. The summed E-state index contributed by atoms with van der Waals surface area (Å²) in [6.07, 6.45) is 7.13. The van der Waals surface area contributed by atoms with Crippen LogP contribution in [0.4, 0.5) is 0 Å².